The van der Waals surface area contributed by atoms with Gasteiger partial charge in [-0.3, -0.25) is 10.1 Å². The van der Waals surface area contributed by atoms with Gasteiger partial charge in [0.15, 0.2) is 0 Å². The van der Waals surface area contributed by atoms with Crippen LogP contribution in [0.3, 0.4) is 0 Å². The van der Waals surface area contributed by atoms with Gasteiger partial charge < -0.3 is 15.5 Å². The van der Waals surface area contributed by atoms with Gasteiger partial charge in [0.05, 0.1) is 25.9 Å². The van der Waals surface area contributed by atoms with Crippen molar-refractivity contribution in [3.8, 4) is 0 Å². The van der Waals surface area contributed by atoms with E-state index in [2.05, 4.69) is 16.0 Å². The maximum atomic E-state index is 13.2. The first-order chi connectivity index (χ1) is 14.3. The third kappa shape index (κ3) is 3.29. The van der Waals surface area contributed by atoms with E-state index in [1.807, 2.05) is 0 Å². The Hall–Kier alpha value is -2.49. The van der Waals surface area contributed by atoms with Crippen LogP contribution in [0.5, 0.6) is 0 Å². The lowest BCUT2D eigenvalue weighted by Crippen LogP contribution is -2.58. The fourth-order valence-corrected chi connectivity index (χ4v) is 4.05. The Balaban J connectivity index is 1.60. The second-order valence-corrected chi connectivity index (χ2v) is 7.79. The number of nitrogens with one attached hydrogen (secondary N) is 3. The Morgan fingerprint density at radius 1 is 1.41 bits per heavy atom. The molecule has 1 saturated heterocycles. The molecular weight excluding hydrogens is 413 g/mol. The van der Waals surface area contributed by atoms with Crippen molar-refractivity contribution in [3.63, 3.8) is 0 Å². The third-order valence-corrected chi connectivity index (χ3v) is 5.82. The highest BCUT2D eigenvalue weighted by atomic mass is 35.5. The van der Waals surface area contributed by atoms with Crippen molar-refractivity contribution < 1.29 is 30.3 Å². The molecule has 3 aliphatic rings. The van der Waals surface area contributed by atoms with Crippen LogP contribution in [-0.4, -0.2) is 35.0 Å². The summed E-state index contributed by atoms with van der Waals surface area (Å²) in [5.41, 5.74) is -2.60. The Kier molecular flexibility index (Phi) is 3.90. The van der Waals surface area contributed by atoms with Crippen molar-refractivity contribution in [1.82, 2.24) is 20.9 Å². The SMILES string of the molecule is [2H]C1([2H])c2cc(Cl)c(C(F)(F)F)cc2[C@H](C)N1C(=O)NC[C@@]1(C2CC2)NC(=O)NC1=O. The summed E-state index contributed by atoms with van der Waals surface area (Å²) >= 11 is 5.74. The zero-order chi connectivity index (χ0) is 22.9. The van der Waals surface area contributed by atoms with Gasteiger partial charge in [-0.15, -0.1) is 0 Å². The van der Waals surface area contributed by atoms with Crippen molar-refractivity contribution in [2.75, 3.05) is 6.54 Å². The Morgan fingerprint density at radius 2 is 2.10 bits per heavy atom. The molecule has 1 aromatic rings. The number of hydrogen-bond acceptors (Lipinski definition) is 3. The average Bonchev–Trinajstić information content (AvgIpc) is 3.41. The second kappa shape index (κ2) is 6.51. The molecule has 1 aliphatic carbocycles. The predicted octanol–water partition coefficient (Wildman–Crippen LogP) is 2.93. The van der Waals surface area contributed by atoms with Crippen molar-refractivity contribution in [2.45, 2.75) is 44.0 Å². The molecule has 4 rings (SSSR count). The van der Waals surface area contributed by atoms with E-state index in [9.17, 15) is 27.6 Å². The first-order valence-electron chi connectivity index (χ1n) is 9.91. The number of rotatable bonds is 3. The highest BCUT2D eigenvalue weighted by Gasteiger charge is 2.56. The van der Waals surface area contributed by atoms with E-state index >= 15 is 0 Å². The zero-order valence-corrected chi connectivity index (χ0v) is 15.9. The van der Waals surface area contributed by atoms with Crippen LogP contribution < -0.4 is 16.0 Å². The largest absolute Gasteiger partial charge is 0.417 e. The monoisotopic (exact) mass is 432 g/mol. The zero-order valence-electron chi connectivity index (χ0n) is 17.1. The molecule has 2 heterocycles. The number of benzene rings is 1. The molecule has 7 nitrogen and oxygen atoms in total. The smallest absolute Gasteiger partial charge is 0.335 e. The summed E-state index contributed by atoms with van der Waals surface area (Å²) in [5, 5.41) is 6.49. The molecule has 0 unspecified atom stereocenters. The molecule has 5 amide bonds. The van der Waals surface area contributed by atoms with E-state index in [4.69, 9.17) is 14.3 Å². The molecule has 3 N–H and O–H groups in total. The molecule has 2 atom stereocenters. The lowest BCUT2D eigenvalue weighted by atomic mass is 9.93. The van der Waals surface area contributed by atoms with Gasteiger partial charge in [-0.25, -0.2) is 9.59 Å². The van der Waals surface area contributed by atoms with Gasteiger partial charge in [-0.2, -0.15) is 13.2 Å². The van der Waals surface area contributed by atoms with Crippen molar-refractivity contribution in [2.24, 2.45) is 5.92 Å². The minimum atomic E-state index is -4.74. The van der Waals surface area contributed by atoms with E-state index in [0.29, 0.717) is 12.8 Å². The maximum Gasteiger partial charge on any atom is 0.417 e. The van der Waals surface area contributed by atoms with Gasteiger partial charge in [-0.1, -0.05) is 11.6 Å². The molecule has 156 valence electrons. The van der Waals surface area contributed by atoms with E-state index < -0.39 is 52.8 Å². The summed E-state index contributed by atoms with van der Waals surface area (Å²) in [7, 11) is 0. The van der Waals surface area contributed by atoms with Crippen molar-refractivity contribution in [1.29, 1.82) is 0 Å². The number of carbonyl (C=O) groups is 3. The molecule has 0 aromatic heterocycles. The van der Waals surface area contributed by atoms with Crippen LogP contribution in [-0.2, 0) is 17.5 Å². The van der Waals surface area contributed by atoms with Crippen LogP contribution in [0.4, 0.5) is 22.8 Å². The van der Waals surface area contributed by atoms with Gasteiger partial charge in [0.1, 0.15) is 5.54 Å². The van der Waals surface area contributed by atoms with Crippen LogP contribution in [0.2, 0.25) is 5.02 Å². The van der Waals surface area contributed by atoms with Gasteiger partial charge in [0.25, 0.3) is 5.91 Å². The van der Waals surface area contributed by atoms with Crippen LogP contribution in [0.15, 0.2) is 12.1 Å². The number of carbonyl (C=O) groups excluding carboxylic acids is 3. The lowest BCUT2D eigenvalue weighted by Gasteiger charge is -2.29. The second-order valence-electron chi connectivity index (χ2n) is 7.39. The molecule has 0 radical (unpaired) electrons. The van der Waals surface area contributed by atoms with E-state index in [1.165, 1.54) is 6.92 Å². The molecule has 0 bridgehead atoms. The average molecular weight is 433 g/mol. The molecule has 1 saturated carbocycles. The fraction of sp³-hybridized carbons (Fsp3) is 0.500. The summed E-state index contributed by atoms with van der Waals surface area (Å²) in [5.74, 6) is -0.750. The van der Waals surface area contributed by atoms with Gasteiger partial charge in [0.2, 0.25) is 0 Å². The Morgan fingerprint density at radius 3 is 2.66 bits per heavy atom. The number of hydrogen-bond donors (Lipinski definition) is 3. The van der Waals surface area contributed by atoms with E-state index in [1.54, 1.807) is 0 Å². The molecule has 11 heteroatoms. The van der Waals surface area contributed by atoms with Crippen LogP contribution in [0.25, 0.3) is 0 Å². The first kappa shape index (κ1) is 17.4. The van der Waals surface area contributed by atoms with Gasteiger partial charge in [0, 0.05) is 6.50 Å². The lowest BCUT2D eigenvalue weighted by molar-refractivity contribution is -0.137. The van der Waals surface area contributed by atoms with Crippen LogP contribution in [0, 0.1) is 5.92 Å². The van der Waals surface area contributed by atoms with Crippen molar-refractivity contribution in [3.05, 3.63) is 33.8 Å². The fourth-order valence-electron chi connectivity index (χ4n) is 3.78. The third-order valence-electron chi connectivity index (χ3n) is 5.50. The maximum absolute atomic E-state index is 13.2. The summed E-state index contributed by atoms with van der Waals surface area (Å²) in [6.45, 7) is -1.32. The predicted molar refractivity (Wildman–Crippen MR) is 95.9 cm³/mol. The number of fused-ring (bicyclic) bond motifs is 1. The van der Waals surface area contributed by atoms with E-state index in [-0.39, 0.29) is 23.6 Å². The number of alkyl halides is 3. The molecular formula is C18H18ClF3N4O3. The van der Waals surface area contributed by atoms with E-state index in [0.717, 1.165) is 17.0 Å². The highest BCUT2D eigenvalue weighted by molar-refractivity contribution is 6.31. The summed E-state index contributed by atoms with van der Waals surface area (Å²) < 4.78 is 56.4. The number of halogens is 4. The van der Waals surface area contributed by atoms with Crippen molar-refractivity contribution >= 4 is 29.6 Å². The number of nitrogens with zero attached hydrogens (tertiary/aromatic N) is 1. The first-order valence-corrected chi connectivity index (χ1v) is 9.28. The molecule has 2 aliphatic heterocycles. The standard InChI is InChI=1S/C18H18ClF3N4O3/c1-8-11-5-12(18(20,21)22)13(19)4-9(11)6-26(8)16(29)23-7-17(10-2-3-10)14(27)24-15(28)25-17/h4-5,8,10H,2-3,6-7H2,1H3,(H,23,29)(H2,24,25,27,28)/t8-,17-/m0/s1/i6D2. The van der Waals surface area contributed by atoms with Gasteiger partial charge in [-0.05, 0) is 48.9 Å². The highest BCUT2D eigenvalue weighted by Crippen LogP contribution is 2.43. The molecule has 0 spiro atoms. The van der Waals surface area contributed by atoms with Crippen LogP contribution >= 0.6 is 11.6 Å². The number of urea groups is 2. The van der Waals surface area contributed by atoms with Crippen LogP contribution in [0.1, 0.15) is 45.2 Å². The summed E-state index contributed by atoms with van der Waals surface area (Å²) in [6, 6.07) is -0.999. The molecule has 2 fully saturated rings. The Bertz CT molecular complexity index is 1000. The minimum absolute atomic E-state index is 0.0132. The minimum Gasteiger partial charge on any atom is -0.335 e. The molecule has 29 heavy (non-hydrogen) atoms. The summed E-state index contributed by atoms with van der Waals surface area (Å²) in [6.07, 6.45) is -3.39. The Labute approximate surface area is 171 Å². The summed E-state index contributed by atoms with van der Waals surface area (Å²) in [4.78, 5) is 37.6. The molecule has 1 aromatic carbocycles. The quantitative estimate of drug-likeness (QED) is 0.641. The normalized spacial score (nSPS) is 29.0. The topological polar surface area (TPSA) is 90.5 Å². The van der Waals surface area contributed by atoms with Gasteiger partial charge >= 0.3 is 18.2 Å². The number of amides is 5. The number of imide groups is 1.